The molecule has 2 heterocycles. The number of amides is 1. The fraction of sp³-hybridized carbons (Fsp3) is 0.190. The summed E-state index contributed by atoms with van der Waals surface area (Å²) in [4.78, 5) is 12.6. The molecule has 0 spiro atoms. The SMILES string of the molecule is O=C(NCc1ccccc1F)c1ccc2c(c1)CN(S(=O)(=O)c1ccc(Cl)s1)CCO2. The van der Waals surface area contributed by atoms with Crippen LogP contribution in [0.4, 0.5) is 4.39 Å². The van der Waals surface area contributed by atoms with Gasteiger partial charge < -0.3 is 10.1 Å². The van der Waals surface area contributed by atoms with Crippen LogP contribution in [0.3, 0.4) is 0 Å². The number of halogens is 2. The minimum absolute atomic E-state index is 0.0404. The first kappa shape index (κ1) is 21.8. The molecule has 0 unspecified atom stereocenters. The van der Waals surface area contributed by atoms with Gasteiger partial charge in [0.05, 0.1) is 4.34 Å². The molecule has 3 aromatic rings. The summed E-state index contributed by atoms with van der Waals surface area (Å²) in [5, 5.41) is 2.68. The van der Waals surface area contributed by atoms with Gasteiger partial charge in [0.15, 0.2) is 0 Å². The van der Waals surface area contributed by atoms with Gasteiger partial charge in [0.25, 0.3) is 15.9 Å². The molecule has 10 heteroatoms. The molecule has 1 aromatic heterocycles. The molecule has 2 aromatic carbocycles. The first-order valence-corrected chi connectivity index (χ1v) is 12.0. The van der Waals surface area contributed by atoms with Crippen molar-refractivity contribution in [1.82, 2.24) is 9.62 Å². The molecule has 1 N–H and O–H groups in total. The zero-order valence-corrected chi connectivity index (χ0v) is 18.6. The number of ether oxygens (including phenoxy) is 1. The number of hydrogen-bond donors (Lipinski definition) is 1. The van der Waals surface area contributed by atoms with Crippen LogP contribution < -0.4 is 10.1 Å². The van der Waals surface area contributed by atoms with Crippen molar-refractivity contribution >= 4 is 38.9 Å². The van der Waals surface area contributed by atoms with Gasteiger partial charge in [0.2, 0.25) is 0 Å². The Bertz CT molecular complexity index is 1230. The van der Waals surface area contributed by atoms with Crippen LogP contribution in [-0.2, 0) is 23.1 Å². The Morgan fingerprint density at radius 3 is 2.74 bits per heavy atom. The highest BCUT2D eigenvalue weighted by Crippen LogP contribution is 2.31. The second kappa shape index (κ2) is 8.96. The first-order chi connectivity index (χ1) is 14.8. The van der Waals surface area contributed by atoms with Gasteiger partial charge in [0.1, 0.15) is 22.4 Å². The Balaban J connectivity index is 1.53. The summed E-state index contributed by atoms with van der Waals surface area (Å²) in [6.07, 6.45) is 0. The lowest BCUT2D eigenvalue weighted by Crippen LogP contribution is -2.32. The molecule has 0 fully saturated rings. The van der Waals surface area contributed by atoms with Crippen molar-refractivity contribution in [2.24, 2.45) is 0 Å². The number of nitrogens with one attached hydrogen (secondary N) is 1. The molecule has 1 amide bonds. The van der Waals surface area contributed by atoms with E-state index in [1.54, 1.807) is 42.5 Å². The van der Waals surface area contributed by atoms with Crippen LogP contribution in [0.15, 0.2) is 58.8 Å². The fourth-order valence-electron chi connectivity index (χ4n) is 3.20. The van der Waals surface area contributed by atoms with Gasteiger partial charge >= 0.3 is 0 Å². The van der Waals surface area contributed by atoms with Crippen LogP contribution >= 0.6 is 22.9 Å². The number of rotatable bonds is 5. The van der Waals surface area contributed by atoms with Crippen LogP contribution in [0.1, 0.15) is 21.5 Å². The standard InChI is InChI=1S/C21H18ClFN2O4S2/c22-19-7-8-20(30-19)31(27,28)25-9-10-29-18-6-5-14(11-16(18)13-25)21(26)24-12-15-3-1-2-4-17(15)23/h1-8,11H,9-10,12-13H2,(H,24,26). The maximum atomic E-state index is 13.8. The monoisotopic (exact) mass is 480 g/mol. The Morgan fingerprint density at radius 2 is 2.00 bits per heavy atom. The summed E-state index contributed by atoms with van der Waals surface area (Å²) < 4.78 is 47.3. The van der Waals surface area contributed by atoms with Gasteiger partial charge in [-0.3, -0.25) is 4.79 Å². The van der Waals surface area contributed by atoms with Gasteiger partial charge in [-0.25, -0.2) is 12.8 Å². The smallest absolute Gasteiger partial charge is 0.253 e. The number of sulfonamides is 1. The Morgan fingerprint density at radius 1 is 1.19 bits per heavy atom. The summed E-state index contributed by atoms with van der Waals surface area (Å²) in [6, 6.07) is 14.1. The van der Waals surface area contributed by atoms with Gasteiger partial charge in [0, 0.05) is 36.3 Å². The molecule has 1 aliphatic rings. The van der Waals surface area contributed by atoms with Crippen molar-refractivity contribution in [1.29, 1.82) is 0 Å². The van der Waals surface area contributed by atoms with Gasteiger partial charge in [-0.1, -0.05) is 29.8 Å². The van der Waals surface area contributed by atoms with Crippen LogP contribution in [0.5, 0.6) is 5.75 Å². The third-order valence-electron chi connectivity index (χ3n) is 4.81. The zero-order chi connectivity index (χ0) is 22.0. The van der Waals surface area contributed by atoms with E-state index in [1.165, 1.54) is 16.4 Å². The van der Waals surface area contributed by atoms with Crippen molar-refractivity contribution in [3.63, 3.8) is 0 Å². The second-order valence-electron chi connectivity index (χ2n) is 6.84. The molecule has 1 aliphatic heterocycles. The molecule has 31 heavy (non-hydrogen) atoms. The van der Waals surface area contributed by atoms with E-state index in [0.717, 1.165) is 11.3 Å². The minimum Gasteiger partial charge on any atom is -0.492 e. The molecular formula is C21H18ClFN2O4S2. The third kappa shape index (κ3) is 4.74. The fourth-order valence-corrected chi connectivity index (χ4v) is 6.24. The van der Waals surface area contributed by atoms with E-state index in [9.17, 15) is 17.6 Å². The average Bonchev–Trinajstić information content (AvgIpc) is 3.08. The average molecular weight is 481 g/mol. The molecule has 0 saturated carbocycles. The quantitative estimate of drug-likeness (QED) is 0.597. The largest absolute Gasteiger partial charge is 0.492 e. The highest BCUT2D eigenvalue weighted by Gasteiger charge is 2.29. The van der Waals surface area contributed by atoms with Crippen LogP contribution in [0, 0.1) is 5.82 Å². The molecule has 4 rings (SSSR count). The van der Waals surface area contributed by atoms with Gasteiger partial charge in [-0.15, -0.1) is 11.3 Å². The molecule has 0 atom stereocenters. The highest BCUT2D eigenvalue weighted by molar-refractivity contribution is 7.91. The van der Waals surface area contributed by atoms with E-state index in [2.05, 4.69) is 5.32 Å². The number of thiophene rings is 1. The first-order valence-electron chi connectivity index (χ1n) is 9.37. The zero-order valence-electron chi connectivity index (χ0n) is 16.2. The molecule has 162 valence electrons. The number of carbonyl (C=O) groups is 1. The van der Waals surface area contributed by atoms with Crippen molar-refractivity contribution in [2.45, 2.75) is 17.3 Å². The second-order valence-corrected chi connectivity index (χ2v) is 10.7. The number of hydrogen-bond acceptors (Lipinski definition) is 5. The minimum atomic E-state index is -3.75. The summed E-state index contributed by atoms with van der Waals surface area (Å²) in [5.74, 6) is -0.269. The number of nitrogens with zero attached hydrogens (tertiary/aromatic N) is 1. The van der Waals surface area contributed by atoms with E-state index in [0.29, 0.717) is 26.8 Å². The summed E-state index contributed by atoms with van der Waals surface area (Å²) in [5.41, 5.74) is 1.28. The van der Waals surface area contributed by atoms with Crippen LogP contribution in [-0.4, -0.2) is 31.8 Å². The molecule has 6 nitrogen and oxygen atoms in total. The number of carbonyl (C=O) groups excluding carboxylic acids is 1. The summed E-state index contributed by atoms with van der Waals surface area (Å²) in [6.45, 7) is 0.450. The predicted molar refractivity (Wildman–Crippen MR) is 116 cm³/mol. The highest BCUT2D eigenvalue weighted by atomic mass is 35.5. The van der Waals surface area contributed by atoms with E-state index in [1.807, 2.05) is 0 Å². The maximum absolute atomic E-state index is 13.8. The van der Waals surface area contributed by atoms with Crippen molar-refractivity contribution in [3.8, 4) is 5.75 Å². The molecule has 0 aliphatic carbocycles. The Labute approximate surface area is 188 Å². The lowest BCUT2D eigenvalue weighted by molar-refractivity contribution is 0.0950. The van der Waals surface area contributed by atoms with Crippen molar-refractivity contribution in [2.75, 3.05) is 13.2 Å². The lowest BCUT2D eigenvalue weighted by atomic mass is 10.1. The molecule has 0 bridgehead atoms. The molecule has 0 radical (unpaired) electrons. The maximum Gasteiger partial charge on any atom is 0.253 e. The number of fused-ring (bicyclic) bond motifs is 1. The van der Waals surface area contributed by atoms with Crippen molar-refractivity contribution in [3.05, 3.63) is 81.4 Å². The van der Waals surface area contributed by atoms with Gasteiger partial charge in [-0.2, -0.15) is 4.31 Å². The lowest BCUT2D eigenvalue weighted by Gasteiger charge is -2.18. The normalized spacial score (nSPS) is 14.4. The van der Waals surface area contributed by atoms with E-state index < -0.39 is 21.7 Å². The predicted octanol–water partition coefficient (Wildman–Crippen LogP) is 4.05. The summed E-state index contributed by atoms with van der Waals surface area (Å²) >= 11 is 6.89. The summed E-state index contributed by atoms with van der Waals surface area (Å²) in [7, 11) is -3.75. The van der Waals surface area contributed by atoms with Crippen LogP contribution in [0.2, 0.25) is 4.34 Å². The van der Waals surface area contributed by atoms with E-state index >= 15 is 0 Å². The van der Waals surface area contributed by atoms with Gasteiger partial charge in [-0.05, 0) is 36.4 Å². The molecular weight excluding hydrogens is 463 g/mol. The number of benzene rings is 2. The topological polar surface area (TPSA) is 75.7 Å². The Hall–Kier alpha value is -2.46. The molecule has 0 saturated heterocycles. The third-order valence-corrected chi connectivity index (χ3v) is 8.35. The van der Waals surface area contributed by atoms with Crippen molar-refractivity contribution < 1.29 is 22.3 Å². The van der Waals surface area contributed by atoms with Crippen LogP contribution in [0.25, 0.3) is 0 Å². The van der Waals surface area contributed by atoms with E-state index in [4.69, 9.17) is 16.3 Å². The Kier molecular flexibility index (Phi) is 6.29. The van der Waals surface area contributed by atoms with E-state index in [-0.39, 0.29) is 30.5 Å².